The molecule has 1 heterocycles. The van der Waals surface area contributed by atoms with Gasteiger partial charge < -0.3 is 9.47 Å². The maximum atomic E-state index is 13.0. The molecule has 0 saturated carbocycles. The summed E-state index contributed by atoms with van der Waals surface area (Å²) in [5, 5.41) is 11.2. The van der Waals surface area contributed by atoms with Gasteiger partial charge in [0.15, 0.2) is 12.4 Å². The van der Waals surface area contributed by atoms with E-state index in [1.54, 1.807) is 19.1 Å². The van der Waals surface area contributed by atoms with Crippen LogP contribution in [0.4, 0.5) is 11.4 Å². The largest absolute Gasteiger partial charge is 0.490 e. The van der Waals surface area contributed by atoms with Crippen molar-refractivity contribution in [3.63, 3.8) is 0 Å². The highest BCUT2D eigenvalue weighted by Gasteiger charge is 2.38. The minimum absolute atomic E-state index is 0.0132. The molecule has 36 heavy (non-hydrogen) atoms. The summed E-state index contributed by atoms with van der Waals surface area (Å²) < 4.78 is 9.97. The van der Waals surface area contributed by atoms with Crippen LogP contribution in [0, 0.1) is 24.0 Å². The molecule has 0 spiro atoms. The zero-order chi connectivity index (χ0) is 26.1. The minimum Gasteiger partial charge on any atom is -0.490 e. The molecule has 0 saturated heterocycles. The van der Waals surface area contributed by atoms with Crippen LogP contribution in [0.3, 0.4) is 0 Å². The van der Waals surface area contributed by atoms with Crippen LogP contribution in [0.5, 0.6) is 5.75 Å². The van der Waals surface area contributed by atoms with E-state index in [-0.39, 0.29) is 28.0 Å². The van der Waals surface area contributed by atoms with Crippen molar-refractivity contribution < 1.29 is 33.6 Å². The number of carbonyl (C=O) groups excluding carboxylic acids is 4. The van der Waals surface area contributed by atoms with E-state index in [0.29, 0.717) is 5.69 Å². The lowest BCUT2D eigenvalue weighted by molar-refractivity contribution is -0.385. The summed E-state index contributed by atoms with van der Waals surface area (Å²) in [5.74, 6) is -2.64. The first-order valence-corrected chi connectivity index (χ1v) is 10.7. The number of rotatable bonds is 7. The van der Waals surface area contributed by atoms with E-state index in [2.05, 4.69) is 0 Å². The summed E-state index contributed by atoms with van der Waals surface area (Å²) in [4.78, 5) is 62.5. The molecule has 0 fully saturated rings. The highest BCUT2D eigenvalue weighted by Crippen LogP contribution is 2.32. The number of aryl methyl sites for hydroxylation is 2. The molecule has 1 aliphatic heterocycles. The number of esters is 1. The van der Waals surface area contributed by atoms with Crippen LogP contribution >= 0.6 is 0 Å². The van der Waals surface area contributed by atoms with Gasteiger partial charge in [0.05, 0.1) is 34.4 Å². The molecule has 0 bridgehead atoms. The molecule has 182 valence electrons. The van der Waals surface area contributed by atoms with Crippen LogP contribution in [0.1, 0.15) is 52.6 Å². The van der Waals surface area contributed by atoms with Gasteiger partial charge >= 0.3 is 11.7 Å². The van der Waals surface area contributed by atoms with Crippen LogP contribution in [-0.2, 0) is 4.74 Å². The molecular weight excluding hydrogens is 468 g/mol. The molecule has 0 N–H and O–H groups in total. The smallest absolute Gasteiger partial charge is 0.338 e. The number of hydrogen-bond acceptors (Lipinski definition) is 8. The number of methoxy groups -OCH3 is 1. The molecule has 0 unspecified atom stereocenters. The number of Topliss-reactive ketones (excluding diaryl/α,β-unsaturated/α-hetero) is 1. The summed E-state index contributed by atoms with van der Waals surface area (Å²) >= 11 is 0. The van der Waals surface area contributed by atoms with Gasteiger partial charge in [0.25, 0.3) is 11.8 Å². The lowest BCUT2D eigenvalue weighted by atomic mass is 10.1. The molecule has 0 aliphatic carbocycles. The Hall–Kier alpha value is -4.86. The van der Waals surface area contributed by atoms with Crippen molar-refractivity contribution in [2.24, 2.45) is 0 Å². The van der Waals surface area contributed by atoms with Crippen LogP contribution in [0.15, 0.2) is 54.6 Å². The number of hydrogen-bond donors (Lipinski definition) is 0. The number of imide groups is 1. The summed E-state index contributed by atoms with van der Waals surface area (Å²) in [6, 6.07) is 12.9. The molecule has 0 aromatic heterocycles. The van der Waals surface area contributed by atoms with Crippen LogP contribution in [0.25, 0.3) is 0 Å². The first kappa shape index (κ1) is 24.3. The molecule has 0 radical (unpaired) electrons. The van der Waals surface area contributed by atoms with Crippen molar-refractivity contribution in [1.82, 2.24) is 0 Å². The number of nitrogens with zero attached hydrogens (tertiary/aromatic N) is 2. The highest BCUT2D eigenvalue weighted by atomic mass is 16.6. The predicted octanol–water partition coefficient (Wildman–Crippen LogP) is 4.06. The zero-order valence-electron chi connectivity index (χ0n) is 19.6. The van der Waals surface area contributed by atoms with Crippen molar-refractivity contribution in [1.29, 1.82) is 0 Å². The molecule has 3 aromatic carbocycles. The van der Waals surface area contributed by atoms with Crippen LogP contribution in [-0.4, -0.2) is 42.2 Å². The van der Waals surface area contributed by atoms with Crippen molar-refractivity contribution >= 4 is 34.9 Å². The Morgan fingerprint density at radius 1 is 0.917 bits per heavy atom. The summed E-state index contributed by atoms with van der Waals surface area (Å²) in [5.41, 5.74) is 1.93. The van der Waals surface area contributed by atoms with E-state index < -0.39 is 40.8 Å². The predicted molar refractivity (Wildman–Crippen MR) is 128 cm³/mol. The first-order chi connectivity index (χ1) is 17.1. The number of nitro groups is 1. The van der Waals surface area contributed by atoms with Crippen molar-refractivity contribution in [2.45, 2.75) is 13.8 Å². The maximum Gasteiger partial charge on any atom is 0.338 e. The second-order valence-corrected chi connectivity index (χ2v) is 8.14. The van der Waals surface area contributed by atoms with Gasteiger partial charge in [-0.25, -0.2) is 9.69 Å². The van der Waals surface area contributed by atoms with E-state index >= 15 is 0 Å². The average Bonchev–Trinajstić information content (AvgIpc) is 3.11. The van der Waals surface area contributed by atoms with Gasteiger partial charge in [-0.15, -0.1) is 0 Å². The normalized spacial score (nSPS) is 12.4. The number of nitro benzene ring substituents is 1. The SMILES string of the molecule is COc1ccc(C(=O)COC(=O)c2ccc3c(c2)C(=O)N(c2ccc(C)cc2C)C3=O)cc1[N+](=O)[O-]. The maximum absolute atomic E-state index is 13.0. The van der Waals surface area contributed by atoms with Gasteiger partial charge in [-0.3, -0.25) is 24.5 Å². The van der Waals surface area contributed by atoms with E-state index in [1.165, 1.54) is 37.4 Å². The van der Waals surface area contributed by atoms with Gasteiger partial charge in [0, 0.05) is 11.6 Å². The zero-order valence-corrected chi connectivity index (χ0v) is 19.6. The van der Waals surface area contributed by atoms with Gasteiger partial charge in [-0.2, -0.15) is 0 Å². The van der Waals surface area contributed by atoms with E-state index in [1.807, 2.05) is 13.0 Å². The van der Waals surface area contributed by atoms with Crippen LogP contribution < -0.4 is 9.64 Å². The molecule has 1 aliphatic rings. The molecule has 0 atom stereocenters. The Morgan fingerprint density at radius 2 is 1.61 bits per heavy atom. The lowest BCUT2D eigenvalue weighted by Gasteiger charge is -2.16. The third-order valence-electron chi connectivity index (χ3n) is 5.75. The fourth-order valence-electron chi connectivity index (χ4n) is 3.95. The van der Waals surface area contributed by atoms with E-state index in [0.717, 1.165) is 22.1 Å². The number of carbonyl (C=O) groups is 4. The first-order valence-electron chi connectivity index (χ1n) is 10.7. The number of ketones is 1. The number of amides is 2. The number of anilines is 1. The Kier molecular flexibility index (Phi) is 6.35. The summed E-state index contributed by atoms with van der Waals surface area (Å²) in [7, 11) is 1.27. The lowest BCUT2D eigenvalue weighted by Crippen LogP contribution is -2.30. The second-order valence-electron chi connectivity index (χ2n) is 8.14. The van der Waals surface area contributed by atoms with Gasteiger partial charge in [0.2, 0.25) is 5.78 Å². The second kappa shape index (κ2) is 9.41. The number of fused-ring (bicyclic) bond motifs is 1. The average molecular weight is 488 g/mol. The molecule has 10 heteroatoms. The molecule has 10 nitrogen and oxygen atoms in total. The molecular formula is C26H20N2O8. The third kappa shape index (κ3) is 4.31. The number of benzene rings is 3. The fraction of sp³-hybridized carbons (Fsp3) is 0.154. The molecule has 2 amide bonds. The highest BCUT2D eigenvalue weighted by molar-refractivity contribution is 6.35. The Morgan fingerprint density at radius 3 is 2.28 bits per heavy atom. The van der Waals surface area contributed by atoms with Crippen molar-refractivity contribution in [2.75, 3.05) is 18.6 Å². The standard InChI is InChI=1S/C26H20N2O8/c1-14-4-8-20(15(2)10-14)27-24(30)18-7-5-17(11-19(18)25(27)31)26(32)36-13-22(29)16-6-9-23(35-3)21(12-16)28(33)34/h4-12H,13H2,1-3H3. The van der Waals surface area contributed by atoms with Crippen molar-refractivity contribution in [3.8, 4) is 5.75 Å². The molecule has 4 rings (SSSR count). The van der Waals surface area contributed by atoms with Gasteiger partial charge in [-0.1, -0.05) is 17.7 Å². The Balaban J connectivity index is 1.51. The summed E-state index contributed by atoms with van der Waals surface area (Å²) in [6.07, 6.45) is 0. The van der Waals surface area contributed by atoms with Gasteiger partial charge in [0.1, 0.15) is 0 Å². The fourth-order valence-corrected chi connectivity index (χ4v) is 3.95. The minimum atomic E-state index is -0.889. The Bertz CT molecular complexity index is 1460. The van der Waals surface area contributed by atoms with E-state index in [4.69, 9.17) is 9.47 Å². The molecule has 3 aromatic rings. The van der Waals surface area contributed by atoms with Gasteiger partial charge in [-0.05, 0) is 55.8 Å². The number of ether oxygens (including phenoxy) is 2. The third-order valence-corrected chi connectivity index (χ3v) is 5.75. The van der Waals surface area contributed by atoms with Crippen LogP contribution in [0.2, 0.25) is 0 Å². The topological polar surface area (TPSA) is 133 Å². The van der Waals surface area contributed by atoms with E-state index in [9.17, 15) is 29.3 Å². The monoisotopic (exact) mass is 488 g/mol. The summed E-state index contributed by atoms with van der Waals surface area (Å²) in [6.45, 7) is 3.02. The Labute approximate surface area is 205 Å². The quantitative estimate of drug-likeness (QED) is 0.160. The van der Waals surface area contributed by atoms with Crippen molar-refractivity contribution in [3.05, 3.63) is 98.1 Å².